The SMILES string of the molecule is CCN[C@@H]1CC(=O)N(Cc2ccc(OC)cc2)C1=O. The highest BCUT2D eigenvalue weighted by Crippen LogP contribution is 2.18. The van der Waals surface area contributed by atoms with Crippen LogP contribution in [0.4, 0.5) is 0 Å². The molecule has 0 bridgehead atoms. The van der Waals surface area contributed by atoms with Gasteiger partial charge in [0.05, 0.1) is 26.1 Å². The van der Waals surface area contributed by atoms with E-state index in [0.29, 0.717) is 13.1 Å². The lowest BCUT2D eigenvalue weighted by molar-refractivity contribution is -0.139. The summed E-state index contributed by atoms with van der Waals surface area (Å²) >= 11 is 0. The minimum Gasteiger partial charge on any atom is -0.497 e. The molecule has 1 heterocycles. The minimum atomic E-state index is -0.365. The smallest absolute Gasteiger partial charge is 0.247 e. The van der Waals surface area contributed by atoms with E-state index in [-0.39, 0.29) is 24.3 Å². The van der Waals surface area contributed by atoms with Crippen molar-refractivity contribution in [3.63, 3.8) is 0 Å². The average Bonchev–Trinajstić information content (AvgIpc) is 2.68. The molecule has 0 saturated carbocycles. The summed E-state index contributed by atoms with van der Waals surface area (Å²) in [7, 11) is 1.60. The Hall–Kier alpha value is -1.88. The van der Waals surface area contributed by atoms with Gasteiger partial charge in [-0.2, -0.15) is 0 Å². The fraction of sp³-hybridized carbons (Fsp3) is 0.429. The molecule has 0 aromatic heterocycles. The molecule has 0 aliphatic carbocycles. The van der Waals surface area contributed by atoms with Crippen molar-refractivity contribution >= 4 is 11.8 Å². The van der Waals surface area contributed by atoms with Gasteiger partial charge in [-0.3, -0.25) is 14.5 Å². The molecule has 1 aromatic carbocycles. The zero-order valence-electron chi connectivity index (χ0n) is 11.2. The van der Waals surface area contributed by atoms with Crippen molar-refractivity contribution in [3.8, 4) is 5.75 Å². The molecule has 102 valence electrons. The molecule has 0 spiro atoms. The van der Waals surface area contributed by atoms with Crippen LogP contribution in [0.25, 0.3) is 0 Å². The monoisotopic (exact) mass is 262 g/mol. The van der Waals surface area contributed by atoms with Crippen LogP contribution in [-0.2, 0) is 16.1 Å². The van der Waals surface area contributed by atoms with Crippen molar-refractivity contribution in [1.82, 2.24) is 10.2 Å². The maximum atomic E-state index is 12.1. The van der Waals surface area contributed by atoms with Crippen LogP contribution in [-0.4, -0.2) is 36.4 Å². The van der Waals surface area contributed by atoms with Gasteiger partial charge in [0.25, 0.3) is 0 Å². The number of nitrogens with one attached hydrogen (secondary N) is 1. The van der Waals surface area contributed by atoms with Crippen LogP contribution in [0.15, 0.2) is 24.3 Å². The van der Waals surface area contributed by atoms with Gasteiger partial charge in [0, 0.05) is 0 Å². The summed E-state index contributed by atoms with van der Waals surface area (Å²) < 4.78 is 5.07. The maximum absolute atomic E-state index is 12.1. The molecule has 0 radical (unpaired) electrons. The van der Waals surface area contributed by atoms with Crippen molar-refractivity contribution in [2.24, 2.45) is 0 Å². The number of benzene rings is 1. The third kappa shape index (κ3) is 2.93. The lowest BCUT2D eigenvalue weighted by Crippen LogP contribution is -2.38. The number of rotatable bonds is 5. The van der Waals surface area contributed by atoms with Crippen LogP contribution in [0.5, 0.6) is 5.75 Å². The predicted molar refractivity (Wildman–Crippen MR) is 70.6 cm³/mol. The second-order valence-corrected chi connectivity index (χ2v) is 4.48. The number of methoxy groups -OCH3 is 1. The van der Waals surface area contributed by atoms with Gasteiger partial charge in [0.1, 0.15) is 5.75 Å². The van der Waals surface area contributed by atoms with Crippen molar-refractivity contribution in [2.75, 3.05) is 13.7 Å². The normalized spacial score (nSPS) is 19.1. The number of hydrogen-bond donors (Lipinski definition) is 1. The average molecular weight is 262 g/mol. The molecule has 1 aliphatic heterocycles. The van der Waals surface area contributed by atoms with E-state index in [4.69, 9.17) is 4.74 Å². The summed E-state index contributed by atoms with van der Waals surface area (Å²) in [5.41, 5.74) is 0.916. The predicted octanol–water partition coefficient (Wildman–Crippen LogP) is 0.932. The first-order chi connectivity index (χ1) is 9.15. The van der Waals surface area contributed by atoms with Crippen LogP contribution < -0.4 is 10.1 Å². The first-order valence-electron chi connectivity index (χ1n) is 6.36. The van der Waals surface area contributed by atoms with E-state index < -0.39 is 0 Å². The second kappa shape index (κ2) is 5.84. The Balaban J connectivity index is 2.05. The molecule has 1 N–H and O–H groups in total. The highest BCUT2D eigenvalue weighted by Gasteiger charge is 2.37. The van der Waals surface area contributed by atoms with E-state index in [0.717, 1.165) is 11.3 Å². The van der Waals surface area contributed by atoms with Gasteiger partial charge in [-0.1, -0.05) is 19.1 Å². The van der Waals surface area contributed by atoms with Crippen molar-refractivity contribution in [3.05, 3.63) is 29.8 Å². The van der Waals surface area contributed by atoms with Gasteiger partial charge in [0.2, 0.25) is 11.8 Å². The van der Waals surface area contributed by atoms with E-state index in [2.05, 4.69) is 5.32 Å². The number of carbonyl (C=O) groups excluding carboxylic acids is 2. The molecule has 19 heavy (non-hydrogen) atoms. The van der Waals surface area contributed by atoms with Crippen LogP contribution in [0.3, 0.4) is 0 Å². The Bertz CT molecular complexity index is 470. The van der Waals surface area contributed by atoms with Crippen LogP contribution >= 0.6 is 0 Å². The minimum absolute atomic E-state index is 0.119. The molecular weight excluding hydrogens is 244 g/mol. The summed E-state index contributed by atoms with van der Waals surface area (Å²) in [6.07, 6.45) is 0.253. The van der Waals surface area contributed by atoms with E-state index in [9.17, 15) is 9.59 Å². The molecule has 0 unspecified atom stereocenters. The highest BCUT2D eigenvalue weighted by atomic mass is 16.5. The van der Waals surface area contributed by atoms with Crippen LogP contribution in [0, 0.1) is 0 Å². The maximum Gasteiger partial charge on any atom is 0.247 e. The molecule has 1 aliphatic rings. The summed E-state index contributed by atoms with van der Waals surface area (Å²) in [4.78, 5) is 25.2. The van der Waals surface area contributed by atoms with Crippen LogP contribution in [0.2, 0.25) is 0 Å². The molecule has 2 amide bonds. The number of nitrogens with zero attached hydrogens (tertiary/aromatic N) is 1. The highest BCUT2D eigenvalue weighted by molar-refractivity contribution is 6.05. The van der Waals surface area contributed by atoms with Gasteiger partial charge in [0.15, 0.2) is 0 Å². The molecule has 1 atom stereocenters. The molecule has 5 nitrogen and oxygen atoms in total. The van der Waals surface area contributed by atoms with Gasteiger partial charge >= 0.3 is 0 Å². The Labute approximate surface area is 112 Å². The standard InChI is InChI=1S/C14H18N2O3/c1-3-15-12-8-13(17)16(14(12)18)9-10-4-6-11(19-2)7-5-10/h4-7,12,15H,3,8-9H2,1-2H3/t12-/m1/s1. The Kier molecular flexibility index (Phi) is 4.16. The van der Waals surface area contributed by atoms with E-state index in [1.54, 1.807) is 7.11 Å². The zero-order valence-corrected chi connectivity index (χ0v) is 11.2. The lowest BCUT2D eigenvalue weighted by Gasteiger charge is -2.15. The third-order valence-corrected chi connectivity index (χ3v) is 3.19. The van der Waals surface area contributed by atoms with Crippen molar-refractivity contribution in [1.29, 1.82) is 0 Å². The molecule has 1 fully saturated rings. The second-order valence-electron chi connectivity index (χ2n) is 4.48. The lowest BCUT2D eigenvalue weighted by atomic mass is 10.2. The number of carbonyl (C=O) groups is 2. The third-order valence-electron chi connectivity index (χ3n) is 3.19. The van der Waals surface area contributed by atoms with Gasteiger partial charge in [-0.25, -0.2) is 0 Å². The van der Waals surface area contributed by atoms with Gasteiger partial charge in [-0.15, -0.1) is 0 Å². The largest absolute Gasteiger partial charge is 0.497 e. The molecule has 1 saturated heterocycles. The Morgan fingerprint density at radius 3 is 2.58 bits per heavy atom. The van der Waals surface area contributed by atoms with E-state index >= 15 is 0 Å². The topological polar surface area (TPSA) is 58.6 Å². The number of amides is 2. The number of imide groups is 1. The summed E-state index contributed by atoms with van der Waals surface area (Å²) in [6.45, 7) is 2.92. The Morgan fingerprint density at radius 2 is 2.00 bits per heavy atom. The number of likely N-dealkylation sites (N-methyl/N-ethyl adjacent to an activating group) is 1. The molecular formula is C14H18N2O3. The quantitative estimate of drug-likeness (QED) is 0.802. The molecule has 5 heteroatoms. The Morgan fingerprint density at radius 1 is 1.32 bits per heavy atom. The zero-order chi connectivity index (χ0) is 13.8. The van der Waals surface area contributed by atoms with E-state index in [1.807, 2.05) is 31.2 Å². The summed E-state index contributed by atoms with van der Waals surface area (Å²) in [5.74, 6) is 0.503. The van der Waals surface area contributed by atoms with Crippen LogP contribution in [0.1, 0.15) is 18.9 Å². The van der Waals surface area contributed by atoms with Gasteiger partial charge < -0.3 is 10.1 Å². The molecule has 1 aromatic rings. The molecule has 2 rings (SSSR count). The fourth-order valence-corrected chi connectivity index (χ4v) is 2.17. The fourth-order valence-electron chi connectivity index (χ4n) is 2.17. The number of likely N-dealkylation sites (tertiary alicyclic amines) is 1. The first-order valence-corrected chi connectivity index (χ1v) is 6.36. The van der Waals surface area contributed by atoms with Crippen molar-refractivity contribution < 1.29 is 14.3 Å². The summed E-state index contributed by atoms with van der Waals surface area (Å²) in [6, 6.07) is 7.00. The first kappa shape index (κ1) is 13.5. The summed E-state index contributed by atoms with van der Waals surface area (Å²) in [5, 5.41) is 3.03. The van der Waals surface area contributed by atoms with Gasteiger partial charge in [-0.05, 0) is 24.2 Å². The number of hydrogen-bond acceptors (Lipinski definition) is 4. The number of ether oxygens (including phenoxy) is 1. The van der Waals surface area contributed by atoms with Crippen molar-refractivity contribution in [2.45, 2.75) is 25.9 Å². The van der Waals surface area contributed by atoms with E-state index in [1.165, 1.54) is 4.90 Å².